The summed E-state index contributed by atoms with van der Waals surface area (Å²) in [5.41, 5.74) is -0.606. The van der Waals surface area contributed by atoms with Gasteiger partial charge < -0.3 is 20.3 Å². The third-order valence-electron chi connectivity index (χ3n) is 9.31. The number of fused-ring (bicyclic) bond motifs is 2. The summed E-state index contributed by atoms with van der Waals surface area (Å²) >= 11 is 12.9. The summed E-state index contributed by atoms with van der Waals surface area (Å²) in [7, 11) is 0. The molecule has 0 bridgehead atoms. The highest BCUT2D eigenvalue weighted by Gasteiger charge is 2.62. The Labute approximate surface area is 274 Å². The molecule has 7 nitrogen and oxygen atoms in total. The van der Waals surface area contributed by atoms with Gasteiger partial charge in [0.15, 0.2) is 5.60 Å². The predicted octanol–water partition coefficient (Wildman–Crippen LogP) is 7.09. The fraction of sp³-hybridized carbons (Fsp3) is 0.382. The van der Waals surface area contributed by atoms with Gasteiger partial charge in [-0.1, -0.05) is 35.3 Å². The number of halogens is 5. The van der Waals surface area contributed by atoms with Crippen LogP contribution in [0.3, 0.4) is 0 Å². The Kier molecular flexibility index (Phi) is 8.04. The maximum Gasteiger partial charge on any atom is 0.266 e. The van der Waals surface area contributed by atoms with E-state index in [2.05, 4.69) is 10.6 Å². The minimum absolute atomic E-state index is 0.119. The first kappa shape index (κ1) is 32.2. The number of anilines is 1. The topological polar surface area (TPSA) is 87.7 Å². The molecule has 6 rings (SSSR count). The number of nitrogens with zero attached hydrogens (tertiary/aromatic N) is 1. The van der Waals surface area contributed by atoms with Crippen LogP contribution in [0.4, 0.5) is 18.9 Å². The molecule has 1 spiro atoms. The smallest absolute Gasteiger partial charge is 0.266 e. The number of rotatable bonds is 5. The van der Waals surface area contributed by atoms with Gasteiger partial charge in [-0.25, -0.2) is 13.2 Å². The van der Waals surface area contributed by atoms with Gasteiger partial charge in [0, 0.05) is 59.6 Å². The van der Waals surface area contributed by atoms with Crippen LogP contribution < -0.4 is 15.4 Å². The molecule has 12 heteroatoms. The number of hydrogen-bond donors (Lipinski definition) is 2. The summed E-state index contributed by atoms with van der Waals surface area (Å²) < 4.78 is 48.8. The quantitative estimate of drug-likeness (QED) is 0.303. The van der Waals surface area contributed by atoms with Crippen molar-refractivity contribution in [1.82, 2.24) is 10.2 Å². The molecule has 3 atom stereocenters. The average Bonchev–Trinajstić information content (AvgIpc) is 3.26. The monoisotopic (exact) mass is 673 g/mol. The van der Waals surface area contributed by atoms with Gasteiger partial charge in [0.1, 0.15) is 17.0 Å². The van der Waals surface area contributed by atoms with Crippen LogP contribution in [-0.4, -0.2) is 47.2 Å². The van der Waals surface area contributed by atoms with Crippen molar-refractivity contribution in [3.8, 4) is 5.75 Å². The molecule has 2 N–H and O–H groups in total. The van der Waals surface area contributed by atoms with E-state index in [1.165, 1.54) is 17.0 Å². The van der Waals surface area contributed by atoms with Crippen LogP contribution in [-0.2, 0) is 19.8 Å². The van der Waals surface area contributed by atoms with E-state index in [0.29, 0.717) is 38.0 Å². The maximum atomic E-state index is 14.8. The fourth-order valence-corrected chi connectivity index (χ4v) is 7.42. The van der Waals surface area contributed by atoms with Gasteiger partial charge >= 0.3 is 0 Å². The molecule has 0 aliphatic carbocycles. The second-order valence-electron chi connectivity index (χ2n) is 12.7. The Hall–Kier alpha value is -3.76. The molecule has 0 radical (unpaired) electrons. The predicted molar refractivity (Wildman–Crippen MR) is 168 cm³/mol. The summed E-state index contributed by atoms with van der Waals surface area (Å²) in [5.74, 6) is -5.41. The van der Waals surface area contributed by atoms with Crippen molar-refractivity contribution in [3.05, 3.63) is 92.7 Å². The fourth-order valence-electron chi connectivity index (χ4n) is 7.06. The van der Waals surface area contributed by atoms with Crippen molar-refractivity contribution in [1.29, 1.82) is 0 Å². The molecule has 0 saturated carbocycles. The number of hydrogen-bond acceptors (Lipinski definition) is 4. The van der Waals surface area contributed by atoms with Gasteiger partial charge in [0.25, 0.3) is 11.8 Å². The normalized spacial score (nSPS) is 24.0. The van der Waals surface area contributed by atoms with E-state index in [1.807, 2.05) is 0 Å². The van der Waals surface area contributed by atoms with Gasteiger partial charge in [-0.05, 0) is 79.9 Å². The lowest BCUT2D eigenvalue weighted by Crippen LogP contribution is -2.57. The zero-order valence-corrected chi connectivity index (χ0v) is 26.9. The van der Waals surface area contributed by atoms with Crippen LogP contribution in [0.15, 0.2) is 54.6 Å². The molecule has 3 aliphatic rings. The Morgan fingerprint density at radius 3 is 2.37 bits per heavy atom. The van der Waals surface area contributed by atoms with Crippen LogP contribution in [0.2, 0.25) is 10.0 Å². The van der Waals surface area contributed by atoms with Gasteiger partial charge in [0.2, 0.25) is 11.8 Å². The highest BCUT2D eigenvalue weighted by atomic mass is 35.5. The third-order valence-corrected chi connectivity index (χ3v) is 9.78. The number of amides is 3. The van der Waals surface area contributed by atoms with E-state index in [0.717, 1.165) is 0 Å². The molecule has 2 saturated heterocycles. The highest BCUT2D eigenvalue weighted by Crippen LogP contribution is 2.59. The van der Waals surface area contributed by atoms with Crippen molar-refractivity contribution < 1.29 is 32.3 Å². The van der Waals surface area contributed by atoms with Crippen molar-refractivity contribution in [3.63, 3.8) is 0 Å². The number of aryl methyl sites for hydroxylation is 1. The minimum Gasteiger partial charge on any atom is -0.478 e. The lowest BCUT2D eigenvalue weighted by Gasteiger charge is -2.47. The molecule has 0 aromatic heterocycles. The lowest BCUT2D eigenvalue weighted by molar-refractivity contribution is -0.151. The largest absolute Gasteiger partial charge is 0.478 e. The van der Waals surface area contributed by atoms with Gasteiger partial charge in [-0.2, -0.15) is 0 Å². The molecule has 46 heavy (non-hydrogen) atoms. The van der Waals surface area contributed by atoms with Gasteiger partial charge in [-0.3, -0.25) is 14.4 Å². The average molecular weight is 675 g/mol. The molecule has 242 valence electrons. The summed E-state index contributed by atoms with van der Waals surface area (Å²) in [6.45, 7) is 4.62. The second-order valence-corrected chi connectivity index (χ2v) is 13.6. The molecule has 3 aromatic carbocycles. The van der Waals surface area contributed by atoms with Crippen LogP contribution in [0.1, 0.15) is 67.3 Å². The van der Waals surface area contributed by atoms with E-state index < -0.39 is 65.3 Å². The molecular weight excluding hydrogens is 642 g/mol. The van der Waals surface area contributed by atoms with E-state index in [1.54, 1.807) is 63.2 Å². The van der Waals surface area contributed by atoms with Crippen LogP contribution >= 0.6 is 23.2 Å². The number of ether oxygens (including phenoxy) is 1. The first-order chi connectivity index (χ1) is 21.6. The van der Waals surface area contributed by atoms with Crippen LogP contribution in [0.5, 0.6) is 5.75 Å². The second kappa shape index (κ2) is 11.5. The number of carbonyl (C=O) groups is 3. The Bertz CT molecular complexity index is 1760. The molecular formula is C34H32Cl2F3N3O4. The molecule has 2 fully saturated rings. The number of alkyl halides is 2. The number of carbonyl (C=O) groups excluding carboxylic acids is 3. The van der Waals surface area contributed by atoms with E-state index in [-0.39, 0.29) is 25.3 Å². The van der Waals surface area contributed by atoms with Crippen molar-refractivity contribution >= 4 is 46.6 Å². The minimum atomic E-state index is -2.83. The SMILES string of the molecule is Cc1ccc(F)cc1C1NC(=O)CC(c2cc(Cl)ccc2OC(C)(C)C(=O)N2CCC(F)(F)CC2)C12C(=O)Nc1cc(Cl)ccc12. The Balaban J connectivity index is 1.50. The lowest BCUT2D eigenvalue weighted by atomic mass is 9.59. The summed E-state index contributed by atoms with van der Waals surface area (Å²) in [6, 6.07) is 12.9. The molecule has 3 amide bonds. The number of likely N-dealkylation sites (tertiary alicyclic amines) is 1. The van der Waals surface area contributed by atoms with Crippen LogP contribution in [0, 0.1) is 12.7 Å². The van der Waals surface area contributed by atoms with Gasteiger partial charge in [0.05, 0.1) is 6.04 Å². The summed E-state index contributed by atoms with van der Waals surface area (Å²) in [4.78, 5) is 42.9. The highest BCUT2D eigenvalue weighted by molar-refractivity contribution is 6.31. The number of piperidine rings is 2. The van der Waals surface area contributed by atoms with E-state index in [9.17, 15) is 27.6 Å². The number of benzene rings is 3. The van der Waals surface area contributed by atoms with Crippen molar-refractivity contribution in [2.24, 2.45) is 0 Å². The molecule has 3 aromatic rings. The molecule has 3 unspecified atom stereocenters. The van der Waals surface area contributed by atoms with E-state index >= 15 is 0 Å². The Morgan fingerprint density at radius 1 is 0.978 bits per heavy atom. The molecule has 3 heterocycles. The Morgan fingerprint density at radius 2 is 1.65 bits per heavy atom. The number of nitrogens with one attached hydrogen (secondary N) is 2. The van der Waals surface area contributed by atoms with Crippen LogP contribution in [0.25, 0.3) is 0 Å². The van der Waals surface area contributed by atoms with Crippen molar-refractivity contribution in [2.45, 2.75) is 68.9 Å². The summed E-state index contributed by atoms with van der Waals surface area (Å²) in [6.07, 6.45) is -1.06. The summed E-state index contributed by atoms with van der Waals surface area (Å²) in [5, 5.41) is 6.58. The van der Waals surface area contributed by atoms with Crippen molar-refractivity contribution in [2.75, 3.05) is 18.4 Å². The van der Waals surface area contributed by atoms with E-state index in [4.69, 9.17) is 27.9 Å². The zero-order chi connectivity index (χ0) is 33.2. The first-order valence-electron chi connectivity index (χ1n) is 14.9. The zero-order valence-electron chi connectivity index (χ0n) is 25.4. The maximum absolute atomic E-state index is 14.8. The third kappa shape index (κ3) is 5.49. The first-order valence-corrected chi connectivity index (χ1v) is 15.7. The standard InChI is InChI=1S/C34H32Cl2F3N3O4/c1-18-4-7-21(37)16-22(18)29-34(24-8-5-20(36)15-26(24)40-30(34)44)25(17-28(43)41-29)23-14-19(35)6-9-27(23)46-32(2,3)31(45)42-12-10-33(38,39)11-13-42/h4-9,14-16,25,29H,10-13,17H2,1-3H3,(H,40,44)(H,41,43). The molecule has 3 aliphatic heterocycles. The van der Waals surface area contributed by atoms with Gasteiger partial charge in [-0.15, -0.1) is 0 Å².